The SMILES string of the molecule is CSc1cc2c(cc1CNCCOCC(F)F)OCCO2. The predicted molar refractivity (Wildman–Crippen MR) is 77.7 cm³/mol. The van der Waals surface area contributed by atoms with Gasteiger partial charge in [-0.3, -0.25) is 0 Å². The number of nitrogens with one attached hydrogen (secondary N) is 1. The van der Waals surface area contributed by atoms with Crippen molar-refractivity contribution < 1.29 is 23.0 Å². The maximum Gasteiger partial charge on any atom is 0.261 e. The molecule has 1 heterocycles. The van der Waals surface area contributed by atoms with Gasteiger partial charge in [0.25, 0.3) is 6.43 Å². The van der Waals surface area contributed by atoms with Gasteiger partial charge in [-0.05, 0) is 24.0 Å². The second-order valence-corrected chi connectivity index (χ2v) is 5.30. The lowest BCUT2D eigenvalue weighted by Gasteiger charge is -2.21. The van der Waals surface area contributed by atoms with Crippen LogP contribution < -0.4 is 14.8 Å². The Morgan fingerprint density at radius 3 is 2.67 bits per heavy atom. The van der Waals surface area contributed by atoms with Crippen LogP contribution in [0.15, 0.2) is 17.0 Å². The Bertz CT molecular complexity index is 460. The van der Waals surface area contributed by atoms with Crippen LogP contribution in [0.25, 0.3) is 0 Å². The fourth-order valence-electron chi connectivity index (χ4n) is 1.98. The number of fused-ring (bicyclic) bond motifs is 1. The average Bonchev–Trinajstić information content (AvgIpc) is 2.49. The molecule has 0 spiro atoms. The standard InChI is InChI=1S/C14H19F2NO3S/c1-21-13-7-12-11(19-4-5-20-12)6-10(13)8-17-2-3-18-9-14(15)16/h6-7,14,17H,2-5,8-9H2,1H3. The number of benzene rings is 1. The first-order chi connectivity index (χ1) is 10.2. The second-order valence-electron chi connectivity index (χ2n) is 4.45. The molecule has 1 aromatic carbocycles. The van der Waals surface area contributed by atoms with E-state index in [1.165, 1.54) is 0 Å². The first-order valence-corrected chi connectivity index (χ1v) is 7.96. The summed E-state index contributed by atoms with van der Waals surface area (Å²) in [6.07, 6.45) is -0.411. The summed E-state index contributed by atoms with van der Waals surface area (Å²) in [6.45, 7) is 2.03. The Morgan fingerprint density at radius 2 is 2.00 bits per heavy atom. The summed E-state index contributed by atoms with van der Waals surface area (Å²) in [7, 11) is 0. The molecule has 1 aliphatic rings. The number of alkyl halides is 2. The zero-order valence-electron chi connectivity index (χ0n) is 11.9. The molecule has 0 aliphatic carbocycles. The van der Waals surface area contributed by atoms with Crippen LogP contribution in [0.1, 0.15) is 5.56 Å². The highest BCUT2D eigenvalue weighted by Gasteiger charge is 2.15. The van der Waals surface area contributed by atoms with Crippen molar-refractivity contribution in [1.29, 1.82) is 0 Å². The fourth-order valence-corrected chi connectivity index (χ4v) is 2.60. The Balaban J connectivity index is 1.84. The van der Waals surface area contributed by atoms with Crippen LogP contribution in [0.5, 0.6) is 11.5 Å². The van der Waals surface area contributed by atoms with Gasteiger partial charge < -0.3 is 19.5 Å². The van der Waals surface area contributed by atoms with Crippen LogP contribution in [0.3, 0.4) is 0 Å². The molecule has 0 aromatic heterocycles. The molecule has 0 bridgehead atoms. The molecular formula is C14H19F2NO3S. The fraction of sp³-hybridized carbons (Fsp3) is 0.571. The first-order valence-electron chi connectivity index (χ1n) is 6.74. The Kier molecular flexibility index (Phi) is 6.53. The van der Waals surface area contributed by atoms with Gasteiger partial charge in [0.05, 0.1) is 6.61 Å². The summed E-state index contributed by atoms with van der Waals surface area (Å²) < 4.78 is 39.7. The molecule has 1 aromatic rings. The molecule has 118 valence electrons. The van der Waals surface area contributed by atoms with Gasteiger partial charge in [-0.15, -0.1) is 11.8 Å². The van der Waals surface area contributed by atoms with Crippen molar-refractivity contribution in [1.82, 2.24) is 5.32 Å². The van der Waals surface area contributed by atoms with Crippen LogP contribution in [-0.4, -0.2) is 45.7 Å². The van der Waals surface area contributed by atoms with Crippen molar-refractivity contribution in [2.75, 3.05) is 39.2 Å². The third kappa shape index (κ3) is 5.01. The highest BCUT2D eigenvalue weighted by Crippen LogP contribution is 2.36. The van der Waals surface area contributed by atoms with Gasteiger partial charge in [0.2, 0.25) is 0 Å². The lowest BCUT2D eigenvalue weighted by Crippen LogP contribution is -2.21. The van der Waals surface area contributed by atoms with Gasteiger partial charge in [-0.2, -0.15) is 0 Å². The van der Waals surface area contributed by atoms with E-state index in [1.54, 1.807) is 11.8 Å². The maximum absolute atomic E-state index is 11.9. The Hall–Kier alpha value is -1.05. The molecule has 0 fully saturated rings. The van der Waals surface area contributed by atoms with Gasteiger partial charge >= 0.3 is 0 Å². The summed E-state index contributed by atoms with van der Waals surface area (Å²) in [5.74, 6) is 1.53. The van der Waals surface area contributed by atoms with Crippen LogP contribution in [-0.2, 0) is 11.3 Å². The molecule has 0 saturated heterocycles. The van der Waals surface area contributed by atoms with Crippen molar-refractivity contribution in [3.8, 4) is 11.5 Å². The normalized spacial score (nSPS) is 13.7. The minimum atomic E-state index is -2.41. The first kappa shape index (κ1) is 16.3. The van der Waals surface area contributed by atoms with Crippen molar-refractivity contribution in [3.05, 3.63) is 17.7 Å². The van der Waals surface area contributed by atoms with E-state index in [-0.39, 0.29) is 6.61 Å². The third-order valence-electron chi connectivity index (χ3n) is 2.93. The Morgan fingerprint density at radius 1 is 1.29 bits per heavy atom. The highest BCUT2D eigenvalue weighted by molar-refractivity contribution is 7.98. The van der Waals surface area contributed by atoms with Crippen molar-refractivity contribution in [2.24, 2.45) is 0 Å². The van der Waals surface area contributed by atoms with Crippen LogP contribution in [0.4, 0.5) is 8.78 Å². The Labute approximate surface area is 127 Å². The molecule has 0 amide bonds. The maximum atomic E-state index is 11.9. The lowest BCUT2D eigenvalue weighted by molar-refractivity contribution is 0.0187. The molecule has 4 nitrogen and oxygen atoms in total. The summed E-state index contributed by atoms with van der Waals surface area (Å²) in [4.78, 5) is 1.11. The molecule has 0 atom stereocenters. The van der Waals surface area contributed by atoms with Crippen LogP contribution in [0.2, 0.25) is 0 Å². The minimum absolute atomic E-state index is 0.267. The van der Waals surface area contributed by atoms with E-state index in [9.17, 15) is 8.78 Å². The molecule has 1 aliphatic heterocycles. The smallest absolute Gasteiger partial charge is 0.261 e. The van der Waals surface area contributed by atoms with E-state index in [0.717, 1.165) is 22.0 Å². The predicted octanol–water partition coefficient (Wildman–Crippen LogP) is 2.55. The lowest BCUT2D eigenvalue weighted by atomic mass is 10.2. The van der Waals surface area contributed by atoms with E-state index < -0.39 is 13.0 Å². The summed E-state index contributed by atoms with van der Waals surface area (Å²) >= 11 is 1.63. The minimum Gasteiger partial charge on any atom is -0.486 e. The number of rotatable bonds is 8. The third-order valence-corrected chi connectivity index (χ3v) is 3.75. The number of hydrogen-bond donors (Lipinski definition) is 1. The van der Waals surface area contributed by atoms with E-state index >= 15 is 0 Å². The quantitative estimate of drug-likeness (QED) is 0.589. The van der Waals surface area contributed by atoms with Crippen LogP contribution >= 0.6 is 11.8 Å². The van der Waals surface area contributed by atoms with E-state index in [0.29, 0.717) is 26.3 Å². The molecule has 7 heteroatoms. The van der Waals surface area contributed by atoms with Gasteiger partial charge in [-0.25, -0.2) is 8.78 Å². The molecular weight excluding hydrogens is 300 g/mol. The average molecular weight is 319 g/mol. The van der Waals surface area contributed by atoms with Gasteiger partial charge in [0.1, 0.15) is 19.8 Å². The summed E-state index contributed by atoms with van der Waals surface area (Å²) in [6, 6.07) is 3.94. The molecule has 0 saturated carbocycles. The van der Waals surface area contributed by atoms with Gasteiger partial charge in [-0.1, -0.05) is 0 Å². The van der Waals surface area contributed by atoms with E-state index in [4.69, 9.17) is 14.2 Å². The monoisotopic (exact) mass is 319 g/mol. The number of thioether (sulfide) groups is 1. The zero-order chi connectivity index (χ0) is 15.1. The number of ether oxygens (including phenoxy) is 3. The highest BCUT2D eigenvalue weighted by atomic mass is 32.2. The van der Waals surface area contributed by atoms with Crippen molar-refractivity contribution in [2.45, 2.75) is 17.9 Å². The van der Waals surface area contributed by atoms with Gasteiger partial charge in [0, 0.05) is 18.0 Å². The van der Waals surface area contributed by atoms with Crippen molar-refractivity contribution in [3.63, 3.8) is 0 Å². The molecule has 2 rings (SSSR count). The molecule has 1 N–H and O–H groups in total. The summed E-state index contributed by atoms with van der Waals surface area (Å²) in [5, 5.41) is 3.18. The largest absolute Gasteiger partial charge is 0.486 e. The molecule has 21 heavy (non-hydrogen) atoms. The molecule has 0 unspecified atom stereocenters. The van der Waals surface area contributed by atoms with Crippen molar-refractivity contribution >= 4 is 11.8 Å². The van der Waals surface area contributed by atoms with E-state index in [1.807, 2.05) is 18.4 Å². The molecule has 0 radical (unpaired) electrons. The van der Waals surface area contributed by atoms with E-state index in [2.05, 4.69) is 5.32 Å². The topological polar surface area (TPSA) is 39.7 Å². The second kappa shape index (κ2) is 8.41. The number of hydrogen-bond acceptors (Lipinski definition) is 5. The summed E-state index contributed by atoms with van der Waals surface area (Å²) in [5.41, 5.74) is 1.10. The zero-order valence-corrected chi connectivity index (χ0v) is 12.7. The van der Waals surface area contributed by atoms with Crippen LogP contribution in [0, 0.1) is 0 Å². The number of halogens is 2. The van der Waals surface area contributed by atoms with Gasteiger partial charge in [0.15, 0.2) is 11.5 Å².